The van der Waals surface area contributed by atoms with Gasteiger partial charge in [0, 0.05) is 10.6 Å². The average Bonchev–Trinajstić information content (AvgIpc) is 3.23. The molecule has 1 aliphatic rings. The van der Waals surface area contributed by atoms with Gasteiger partial charge in [-0.2, -0.15) is 0 Å². The van der Waals surface area contributed by atoms with E-state index in [2.05, 4.69) is 20.9 Å². The molecular weight excluding hydrogens is 619 g/mol. The lowest BCUT2D eigenvalue weighted by Crippen LogP contribution is -2.39. The molecule has 0 bridgehead atoms. The molecule has 40 heavy (non-hydrogen) atoms. The summed E-state index contributed by atoms with van der Waals surface area (Å²) in [6, 6.07) is 17.9. The van der Waals surface area contributed by atoms with Crippen molar-refractivity contribution in [2.75, 3.05) is 6.61 Å². The van der Waals surface area contributed by atoms with Gasteiger partial charge in [-0.15, -0.1) is 0 Å². The highest BCUT2D eigenvalue weighted by atomic mass is 79.9. The Morgan fingerprint density at radius 2 is 1.93 bits per heavy atom. The highest BCUT2D eigenvalue weighted by Crippen LogP contribution is 2.31. The summed E-state index contributed by atoms with van der Waals surface area (Å²) >= 11 is 11.0. The first kappa shape index (κ1) is 28.0. The molecule has 10 heteroatoms. The predicted molar refractivity (Wildman–Crippen MR) is 157 cm³/mol. The smallest absolute Gasteiger partial charge is 0.338 e. The molecule has 0 radical (unpaired) electrons. The van der Waals surface area contributed by atoms with E-state index in [1.807, 2.05) is 42.5 Å². The first-order chi connectivity index (χ1) is 19.3. The van der Waals surface area contributed by atoms with E-state index in [0.717, 1.165) is 11.1 Å². The summed E-state index contributed by atoms with van der Waals surface area (Å²) in [5.74, 6) is -0.354. The fourth-order valence-corrected chi connectivity index (χ4v) is 6.15. The quantitative estimate of drug-likeness (QED) is 0.235. The maximum absolute atomic E-state index is 13.7. The van der Waals surface area contributed by atoms with Gasteiger partial charge in [0.05, 0.1) is 32.9 Å². The van der Waals surface area contributed by atoms with Gasteiger partial charge < -0.3 is 9.47 Å². The molecule has 0 spiro atoms. The number of benzene rings is 3. The maximum Gasteiger partial charge on any atom is 0.338 e. The molecule has 0 unspecified atom stereocenters. The third-order valence-corrected chi connectivity index (χ3v) is 8.27. The molecule has 0 amide bonds. The normalized spacial score (nSPS) is 15.0. The summed E-state index contributed by atoms with van der Waals surface area (Å²) in [5, 5.41) is 0.630. The summed E-state index contributed by atoms with van der Waals surface area (Å²) in [4.78, 5) is 31.7. The Morgan fingerprint density at radius 3 is 2.62 bits per heavy atom. The number of aromatic nitrogens is 1. The number of fused-ring (bicyclic) bond motifs is 1. The molecule has 0 saturated carbocycles. The molecule has 4 aromatic rings. The van der Waals surface area contributed by atoms with E-state index in [4.69, 9.17) is 21.1 Å². The van der Waals surface area contributed by atoms with E-state index in [9.17, 15) is 14.0 Å². The van der Waals surface area contributed by atoms with E-state index < -0.39 is 17.8 Å². The number of rotatable bonds is 7. The Kier molecular flexibility index (Phi) is 8.35. The first-order valence-electron chi connectivity index (χ1n) is 12.4. The van der Waals surface area contributed by atoms with E-state index in [1.165, 1.54) is 28.0 Å². The number of thiazole rings is 1. The van der Waals surface area contributed by atoms with E-state index in [1.54, 1.807) is 32.1 Å². The molecule has 6 nitrogen and oxygen atoms in total. The fourth-order valence-electron chi connectivity index (χ4n) is 4.40. The van der Waals surface area contributed by atoms with Crippen LogP contribution in [0.25, 0.3) is 6.08 Å². The van der Waals surface area contributed by atoms with Crippen molar-refractivity contribution in [2.45, 2.75) is 26.5 Å². The van der Waals surface area contributed by atoms with Crippen LogP contribution in [0.5, 0.6) is 5.75 Å². The van der Waals surface area contributed by atoms with Gasteiger partial charge in [0.25, 0.3) is 5.56 Å². The number of allylic oxidation sites excluding steroid dienone is 1. The van der Waals surface area contributed by atoms with E-state index >= 15 is 0 Å². The van der Waals surface area contributed by atoms with Gasteiger partial charge in [-0.1, -0.05) is 59.3 Å². The maximum atomic E-state index is 13.7. The Labute approximate surface area is 246 Å². The van der Waals surface area contributed by atoms with Crippen molar-refractivity contribution in [1.29, 1.82) is 0 Å². The van der Waals surface area contributed by atoms with Crippen LogP contribution >= 0.6 is 38.9 Å². The zero-order chi connectivity index (χ0) is 28.4. The van der Waals surface area contributed by atoms with Crippen molar-refractivity contribution in [3.63, 3.8) is 0 Å². The molecule has 5 rings (SSSR count). The number of nitrogens with zero attached hydrogens (tertiary/aromatic N) is 2. The Balaban J connectivity index is 1.53. The molecule has 0 fully saturated rings. The van der Waals surface area contributed by atoms with Gasteiger partial charge in [-0.25, -0.2) is 14.2 Å². The highest BCUT2D eigenvalue weighted by Gasteiger charge is 2.33. The second-order valence-electron chi connectivity index (χ2n) is 8.92. The molecule has 1 aliphatic heterocycles. The summed E-state index contributed by atoms with van der Waals surface area (Å²) in [5.41, 5.74) is 2.59. The van der Waals surface area contributed by atoms with Gasteiger partial charge in [-0.3, -0.25) is 9.36 Å². The minimum absolute atomic E-state index is 0.170. The van der Waals surface area contributed by atoms with Crippen molar-refractivity contribution < 1.29 is 18.7 Å². The Bertz CT molecular complexity index is 1810. The van der Waals surface area contributed by atoms with Crippen LogP contribution < -0.4 is 19.6 Å². The van der Waals surface area contributed by atoms with Crippen LogP contribution in [0.4, 0.5) is 4.39 Å². The highest BCUT2D eigenvalue weighted by molar-refractivity contribution is 9.10. The standard InChI is InChI=1S/C30H23BrClFN2O4S/c1-3-38-29(37)26-17(2)34-30-35(27(26)19-9-11-21(33)12-10-19)28(36)25(40-30)15-18-8-13-24(22(31)14-18)39-16-20-6-4-5-7-23(20)32/h4-15,27H,3,16H2,1-2H3/b25-15-/t27-/m0/s1. The lowest BCUT2D eigenvalue weighted by Gasteiger charge is -2.24. The molecular formula is C30H23BrClFN2O4S. The third-order valence-electron chi connectivity index (χ3n) is 6.30. The molecule has 0 aliphatic carbocycles. The monoisotopic (exact) mass is 640 g/mol. The molecule has 2 heterocycles. The predicted octanol–water partition coefficient (Wildman–Crippen LogP) is 5.93. The van der Waals surface area contributed by atoms with Crippen molar-refractivity contribution in [3.05, 3.63) is 130 Å². The summed E-state index contributed by atoms with van der Waals surface area (Å²) in [6.07, 6.45) is 1.76. The third kappa shape index (κ3) is 5.68. The number of hydrogen-bond acceptors (Lipinski definition) is 6. The second-order valence-corrected chi connectivity index (χ2v) is 11.2. The van der Waals surface area contributed by atoms with Gasteiger partial charge in [0.2, 0.25) is 0 Å². The first-order valence-corrected chi connectivity index (χ1v) is 14.4. The van der Waals surface area contributed by atoms with Crippen LogP contribution in [0.2, 0.25) is 5.02 Å². The van der Waals surface area contributed by atoms with Crippen molar-refractivity contribution in [3.8, 4) is 5.75 Å². The van der Waals surface area contributed by atoms with Crippen LogP contribution in [-0.2, 0) is 16.1 Å². The van der Waals surface area contributed by atoms with Gasteiger partial charge >= 0.3 is 5.97 Å². The van der Waals surface area contributed by atoms with Crippen molar-refractivity contribution in [2.24, 2.45) is 4.99 Å². The van der Waals surface area contributed by atoms with Gasteiger partial charge in [0.15, 0.2) is 4.80 Å². The number of ether oxygens (including phenoxy) is 2. The topological polar surface area (TPSA) is 69.9 Å². The van der Waals surface area contributed by atoms with Crippen LogP contribution in [0.1, 0.15) is 36.6 Å². The minimum atomic E-state index is -0.801. The number of hydrogen-bond donors (Lipinski definition) is 0. The lowest BCUT2D eigenvalue weighted by atomic mass is 9.96. The molecule has 1 atom stereocenters. The van der Waals surface area contributed by atoms with E-state index in [0.29, 0.717) is 42.4 Å². The van der Waals surface area contributed by atoms with Crippen molar-refractivity contribution >= 4 is 50.9 Å². The van der Waals surface area contributed by atoms with Gasteiger partial charge in [-0.05, 0) is 77.3 Å². The number of carbonyl (C=O) groups is 1. The van der Waals surface area contributed by atoms with Crippen LogP contribution in [0, 0.1) is 5.82 Å². The zero-order valence-electron chi connectivity index (χ0n) is 21.5. The lowest BCUT2D eigenvalue weighted by molar-refractivity contribution is -0.139. The molecule has 0 saturated heterocycles. The Morgan fingerprint density at radius 1 is 1.18 bits per heavy atom. The summed E-state index contributed by atoms with van der Waals surface area (Å²) < 4.78 is 27.6. The largest absolute Gasteiger partial charge is 0.488 e. The van der Waals surface area contributed by atoms with Crippen LogP contribution in [0.3, 0.4) is 0 Å². The molecule has 0 N–H and O–H groups in total. The van der Waals surface area contributed by atoms with Gasteiger partial charge in [0.1, 0.15) is 18.2 Å². The molecule has 3 aromatic carbocycles. The SMILES string of the molecule is CCOC(=O)C1=C(C)N=c2s/c(=C\c3ccc(OCc4ccccc4Cl)c(Br)c3)c(=O)n2[C@H]1c1ccc(F)cc1. The summed E-state index contributed by atoms with van der Waals surface area (Å²) in [6.45, 7) is 3.89. The van der Waals surface area contributed by atoms with Crippen LogP contribution in [-0.4, -0.2) is 17.1 Å². The average molecular weight is 642 g/mol. The number of halogens is 3. The number of carbonyl (C=O) groups excluding carboxylic acids is 1. The fraction of sp³-hybridized carbons (Fsp3) is 0.167. The van der Waals surface area contributed by atoms with E-state index in [-0.39, 0.29) is 17.7 Å². The number of esters is 1. The Hall–Kier alpha value is -3.53. The second kappa shape index (κ2) is 11.9. The molecule has 1 aromatic heterocycles. The van der Waals surface area contributed by atoms with Crippen LogP contribution in [0.15, 0.2) is 92.3 Å². The summed E-state index contributed by atoms with van der Waals surface area (Å²) in [7, 11) is 0. The van der Waals surface area contributed by atoms with Crippen molar-refractivity contribution in [1.82, 2.24) is 4.57 Å². The molecule has 204 valence electrons. The minimum Gasteiger partial charge on any atom is -0.488 e. The zero-order valence-corrected chi connectivity index (χ0v) is 24.6.